The van der Waals surface area contributed by atoms with Crippen LogP contribution in [-0.4, -0.2) is 15.9 Å². The zero-order chi connectivity index (χ0) is 8.58. The van der Waals surface area contributed by atoms with Crippen molar-refractivity contribution in [2.45, 2.75) is 22.8 Å². The van der Waals surface area contributed by atoms with Crippen LogP contribution < -0.4 is 0 Å². The normalized spacial score (nSPS) is 19.2. The smallest absolute Gasteiger partial charge is 0.169 e. The summed E-state index contributed by atoms with van der Waals surface area (Å²) in [5, 5.41) is 0. The van der Waals surface area contributed by atoms with Crippen LogP contribution in [0.3, 0.4) is 0 Å². The Morgan fingerprint density at radius 1 is 1.20 bits per heavy atom. The number of halogens is 6. The highest BCUT2D eigenvalue weighted by molar-refractivity contribution is 6.49. The van der Waals surface area contributed by atoms with Crippen LogP contribution in [0.25, 0.3) is 0 Å². The molecule has 1 atom stereocenters. The molecule has 0 fully saturated rings. The molecular weight excluding hydrogens is 211 g/mol. The van der Waals surface area contributed by atoms with Crippen molar-refractivity contribution in [2.24, 2.45) is 0 Å². The van der Waals surface area contributed by atoms with E-state index in [2.05, 4.69) is 0 Å². The van der Waals surface area contributed by atoms with Crippen LogP contribution >= 0.6 is 34.8 Å². The summed E-state index contributed by atoms with van der Waals surface area (Å²) in [5.74, 6) is 0. The molecule has 0 aromatic rings. The third-order valence-corrected chi connectivity index (χ3v) is 2.49. The topological polar surface area (TPSA) is 0 Å². The quantitative estimate of drug-likeness (QED) is 0.589. The molecule has 0 N–H and O–H groups in total. The molecule has 0 nitrogen and oxygen atoms in total. The van der Waals surface area contributed by atoms with Gasteiger partial charge < -0.3 is 0 Å². The summed E-state index contributed by atoms with van der Waals surface area (Å²) in [6, 6.07) is 0. The van der Waals surface area contributed by atoms with Gasteiger partial charge in [-0.2, -0.15) is 13.2 Å². The van der Waals surface area contributed by atoms with E-state index in [0.29, 0.717) is 0 Å². The van der Waals surface area contributed by atoms with Crippen LogP contribution in [0.5, 0.6) is 0 Å². The Labute approximate surface area is 71.2 Å². The van der Waals surface area contributed by atoms with Crippen molar-refractivity contribution in [3.8, 4) is 0 Å². The summed E-state index contributed by atoms with van der Waals surface area (Å²) >= 11 is 14.9. The number of rotatable bonds is 1. The van der Waals surface area contributed by atoms with E-state index in [1.165, 1.54) is 0 Å². The van der Waals surface area contributed by atoms with Crippen molar-refractivity contribution in [3.05, 3.63) is 0 Å². The predicted molar refractivity (Wildman–Crippen MR) is 35.8 cm³/mol. The Morgan fingerprint density at radius 2 is 1.50 bits per heavy atom. The van der Waals surface area contributed by atoms with Gasteiger partial charge in [-0.15, -0.1) is 34.8 Å². The molecule has 0 aliphatic heterocycles. The van der Waals surface area contributed by atoms with E-state index in [-0.39, 0.29) is 0 Å². The SMILES string of the molecule is CC(Cl)(C(Cl)Cl)C(F)(F)F. The van der Waals surface area contributed by atoms with Crippen molar-refractivity contribution in [1.82, 2.24) is 0 Å². The molecule has 0 bridgehead atoms. The highest BCUT2D eigenvalue weighted by Gasteiger charge is 2.54. The van der Waals surface area contributed by atoms with Crippen LogP contribution in [0.1, 0.15) is 6.92 Å². The maximum Gasteiger partial charge on any atom is 0.410 e. The van der Waals surface area contributed by atoms with Crippen molar-refractivity contribution in [3.63, 3.8) is 0 Å². The van der Waals surface area contributed by atoms with Gasteiger partial charge in [0, 0.05) is 0 Å². The molecule has 0 amide bonds. The van der Waals surface area contributed by atoms with E-state index in [4.69, 9.17) is 34.8 Å². The molecule has 0 rings (SSSR count). The van der Waals surface area contributed by atoms with Crippen LogP contribution in [0, 0.1) is 0 Å². The Bertz CT molecular complexity index is 117. The Kier molecular flexibility index (Phi) is 3.15. The van der Waals surface area contributed by atoms with E-state index < -0.39 is 15.9 Å². The largest absolute Gasteiger partial charge is 0.410 e. The molecule has 0 aliphatic carbocycles. The molecule has 0 aromatic carbocycles. The maximum atomic E-state index is 11.8. The highest BCUT2D eigenvalue weighted by atomic mass is 35.5. The number of hydrogen-bond acceptors (Lipinski definition) is 0. The first-order valence-electron chi connectivity index (χ1n) is 2.23. The summed E-state index contributed by atoms with van der Waals surface area (Å²) < 4.78 is 35.4. The first kappa shape index (κ1) is 10.7. The lowest BCUT2D eigenvalue weighted by Crippen LogP contribution is -2.42. The second-order valence-corrected chi connectivity index (χ2v) is 3.76. The van der Waals surface area contributed by atoms with Gasteiger partial charge in [0.25, 0.3) is 0 Å². The van der Waals surface area contributed by atoms with Crippen molar-refractivity contribution >= 4 is 34.8 Å². The second kappa shape index (κ2) is 2.95. The van der Waals surface area contributed by atoms with E-state index >= 15 is 0 Å². The van der Waals surface area contributed by atoms with Gasteiger partial charge in [0.1, 0.15) is 4.84 Å². The minimum absolute atomic E-state index is 0.721. The molecular formula is C4H4Cl3F3. The zero-order valence-electron chi connectivity index (χ0n) is 4.85. The summed E-state index contributed by atoms with van der Waals surface area (Å²) in [6.07, 6.45) is -4.58. The van der Waals surface area contributed by atoms with Gasteiger partial charge in [-0.05, 0) is 6.92 Å². The summed E-state index contributed by atoms with van der Waals surface area (Å²) in [5.41, 5.74) is 0. The third kappa shape index (κ3) is 2.07. The standard InChI is InChI=1S/C4H4Cl3F3/c1-3(7,2(5)6)4(8,9)10/h2H,1H3. The lowest BCUT2D eigenvalue weighted by molar-refractivity contribution is -0.154. The average Bonchev–Trinajstić information content (AvgIpc) is 1.62. The van der Waals surface area contributed by atoms with Gasteiger partial charge in [-0.25, -0.2) is 0 Å². The van der Waals surface area contributed by atoms with Crippen LogP contribution in [0.2, 0.25) is 0 Å². The first-order valence-corrected chi connectivity index (χ1v) is 3.48. The van der Waals surface area contributed by atoms with Crippen molar-refractivity contribution in [2.75, 3.05) is 0 Å². The third-order valence-electron chi connectivity index (χ3n) is 0.964. The average molecular weight is 215 g/mol. The van der Waals surface area contributed by atoms with Gasteiger partial charge in [0.2, 0.25) is 0 Å². The number of alkyl halides is 6. The molecule has 0 heterocycles. The molecule has 0 saturated carbocycles. The second-order valence-electron chi connectivity index (χ2n) is 1.87. The number of hydrogen-bond donors (Lipinski definition) is 0. The molecule has 10 heavy (non-hydrogen) atoms. The zero-order valence-corrected chi connectivity index (χ0v) is 7.11. The fraction of sp³-hybridized carbons (Fsp3) is 1.00. The summed E-state index contributed by atoms with van der Waals surface area (Å²) in [4.78, 5) is -4.22. The highest BCUT2D eigenvalue weighted by Crippen LogP contribution is 2.42. The first-order chi connectivity index (χ1) is 4.19. The van der Waals surface area contributed by atoms with Gasteiger partial charge in [0.15, 0.2) is 4.87 Å². The Morgan fingerprint density at radius 3 is 1.50 bits per heavy atom. The Hall–Kier alpha value is 0.660. The van der Waals surface area contributed by atoms with E-state index in [0.717, 1.165) is 6.92 Å². The van der Waals surface area contributed by atoms with Gasteiger partial charge >= 0.3 is 6.18 Å². The lowest BCUT2D eigenvalue weighted by atomic mass is 10.2. The van der Waals surface area contributed by atoms with Crippen molar-refractivity contribution < 1.29 is 13.2 Å². The van der Waals surface area contributed by atoms with E-state index in [9.17, 15) is 13.2 Å². The lowest BCUT2D eigenvalue weighted by Gasteiger charge is -2.25. The predicted octanol–water partition coefficient (Wildman–Crippen LogP) is 3.35. The minimum atomic E-state index is -4.58. The summed E-state index contributed by atoms with van der Waals surface area (Å²) in [7, 11) is 0. The fourth-order valence-corrected chi connectivity index (χ4v) is 0.371. The summed E-state index contributed by atoms with van der Waals surface area (Å²) in [6.45, 7) is 0.721. The molecule has 62 valence electrons. The molecule has 6 heteroatoms. The molecule has 1 unspecified atom stereocenters. The van der Waals surface area contributed by atoms with Crippen LogP contribution in [0.4, 0.5) is 13.2 Å². The molecule has 0 radical (unpaired) electrons. The molecule has 0 aromatic heterocycles. The fourth-order valence-electron chi connectivity index (χ4n) is 0.124. The van der Waals surface area contributed by atoms with Crippen molar-refractivity contribution in [1.29, 1.82) is 0 Å². The monoisotopic (exact) mass is 214 g/mol. The molecule has 0 aliphatic rings. The Balaban J connectivity index is 4.40. The van der Waals surface area contributed by atoms with Gasteiger partial charge in [0.05, 0.1) is 0 Å². The minimum Gasteiger partial charge on any atom is -0.169 e. The van der Waals surface area contributed by atoms with Crippen LogP contribution in [-0.2, 0) is 0 Å². The maximum absolute atomic E-state index is 11.8. The van der Waals surface area contributed by atoms with Gasteiger partial charge in [-0.1, -0.05) is 0 Å². The van der Waals surface area contributed by atoms with E-state index in [1.807, 2.05) is 0 Å². The van der Waals surface area contributed by atoms with Gasteiger partial charge in [-0.3, -0.25) is 0 Å². The molecule has 0 spiro atoms. The van der Waals surface area contributed by atoms with E-state index in [1.54, 1.807) is 0 Å². The molecule has 0 saturated heterocycles. The van der Waals surface area contributed by atoms with Crippen LogP contribution in [0.15, 0.2) is 0 Å².